The molecule has 0 fully saturated rings. The molecule has 0 radical (unpaired) electrons. The third-order valence-electron chi connectivity index (χ3n) is 10.6. The van der Waals surface area contributed by atoms with Gasteiger partial charge in [0.1, 0.15) is 32.6 Å². The maximum absolute atomic E-state index is 12.1. The van der Waals surface area contributed by atoms with Crippen LogP contribution in [0.2, 0.25) is 0 Å². The van der Waals surface area contributed by atoms with Gasteiger partial charge in [0, 0.05) is 33.0 Å². The first kappa shape index (κ1) is 32.7. The SMILES string of the molecule is Bc1c(O)c(O)c(-c2c3ccccc3c(-c3ccc(-c4c(B)c(O)c(O)c(O)c4O)c4oc5ccccc5c34)c3ccccc23)c(O)c1-c1ccccc1. The molecule has 9 rings (SSSR count). The Balaban J connectivity index is 1.43. The Morgan fingerprint density at radius 1 is 0.352 bits per heavy atom. The van der Waals surface area contributed by atoms with Crippen LogP contribution in [0.4, 0.5) is 0 Å². The van der Waals surface area contributed by atoms with Gasteiger partial charge in [-0.25, -0.2) is 0 Å². The average Bonchev–Trinajstić information content (AvgIpc) is 3.59. The highest BCUT2D eigenvalue weighted by molar-refractivity contribution is 6.40. The number of para-hydroxylation sites is 1. The summed E-state index contributed by atoms with van der Waals surface area (Å²) in [5.41, 5.74) is 5.23. The van der Waals surface area contributed by atoms with Crippen LogP contribution in [0.25, 0.3) is 88.0 Å². The number of hydrogen-bond acceptors (Lipinski definition) is 8. The monoisotopic (exact) mass is 708 g/mol. The summed E-state index contributed by atoms with van der Waals surface area (Å²) in [5.74, 6) is -3.77. The Morgan fingerprint density at radius 3 is 1.44 bits per heavy atom. The summed E-state index contributed by atoms with van der Waals surface area (Å²) in [6.45, 7) is 0. The van der Waals surface area contributed by atoms with Gasteiger partial charge in [0.15, 0.2) is 23.0 Å². The molecule has 54 heavy (non-hydrogen) atoms. The molecule has 1 heterocycles. The van der Waals surface area contributed by atoms with Crippen LogP contribution < -0.4 is 10.9 Å². The van der Waals surface area contributed by atoms with E-state index in [9.17, 15) is 35.7 Å². The van der Waals surface area contributed by atoms with Crippen molar-refractivity contribution in [1.29, 1.82) is 0 Å². The van der Waals surface area contributed by atoms with Crippen molar-refractivity contribution in [3.8, 4) is 84.8 Å². The number of furan rings is 1. The lowest BCUT2D eigenvalue weighted by molar-refractivity contribution is 0.348. The summed E-state index contributed by atoms with van der Waals surface area (Å²) in [4.78, 5) is 0. The zero-order valence-corrected chi connectivity index (χ0v) is 29.0. The Labute approximate surface area is 309 Å². The largest absolute Gasteiger partial charge is 0.507 e. The van der Waals surface area contributed by atoms with Crippen molar-refractivity contribution >= 4 is 70.1 Å². The van der Waals surface area contributed by atoms with Crippen LogP contribution in [0.1, 0.15) is 0 Å². The molecule has 0 atom stereocenters. The van der Waals surface area contributed by atoms with Crippen molar-refractivity contribution < 1.29 is 40.2 Å². The van der Waals surface area contributed by atoms with Crippen LogP contribution in [-0.2, 0) is 0 Å². The van der Waals surface area contributed by atoms with Crippen molar-refractivity contribution in [2.24, 2.45) is 0 Å². The second-order valence-electron chi connectivity index (χ2n) is 13.5. The molecule has 0 aliphatic heterocycles. The van der Waals surface area contributed by atoms with Gasteiger partial charge >= 0.3 is 0 Å². The minimum Gasteiger partial charge on any atom is -0.507 e. The quantitative estimate of drug-likeness (QED) is 0.0446. The third kappa shape index (κ3) is 4.46. The Kier molecular flexibility index (Phi) is 7.22. The Hall–Kier alpha value is -7.19. The number of hydrogen-bond donors (Lipinski definition) is 7. The second-order valence-corrected chi connectivity index (χ2v) is 13.5. The summed E-state index contributed by atoms with van der Waals surface area (Å²) in [5, 5.41) is 82.2. The Morgan fingerprint density at radius 2 is 0.815 bits per heavy atom. The molecule has 0 bridgehead atoms. The molecule has 8 aromatic carbocycles. The van der Waals surface area contributed by atoms with Gasteiger partial charge in [0.2, 0.25) is 11.5 Å². The fraction of sp³-hybridized carbons (Fsp3) is 0. The molecule has 7 N–H and O–H groups in total. The number of fused-ring (bicyclic) bond motifs is 5. The van der Waals surface area contributed by atoms with Gasteiger partial charge in [-0.1, -0.05) is 103 Å². The number of rotatable bonds is 4. The van der Waals surface area contributed by atoms with Gasteiger partial charge in [-0.05, 0) is 61.3 Å². The van der Waals surface area contributed by atoms with E-state index in [0.717, 1.165) is 27.3 Å². The van der Waals surface area contributed by atoms with E-state index < -0.39 is 28.7 Å². The van der Waals surface area contributed by atoms with E-state index in [1.807, 2.05) is 109 Å². The van der Waals surface area contributed by atoms with E-state index >= 15 is 0 Å². The molecule has 1 aromatic heterocycles. The van der Waals surface area contributed by atoms with E-state index in [2.05, 4.69) is 0 Å². The highest BCUT2D eigenvalue weighted by atomic mass is 16.3. The standard InChI is InChI=1S/C44H30B2O8/c45-35-29(20-10-2-1-3-11-20)37(47)34(39(49)40(35)50)31-23-14-6-4-12-21(23)30(22-13-5-7-15-24(22)31)26-18-19-27(33-36(46)41(51)43(53)42(52)38(33)48)44-32(26)25-16-8-9-17-28(25)54-44/h1-19,47-53H,45-46H2. The topological polar surface area (TPSA) is 155 Å². The van der Waals surface area contributed by atoms with E-state index in [1.54, 1.807) is 13.9 Å². The molecule has 8 nitrogen and oxygen atoms in total. The van der Waals surface area contributed by atoms with Gasteiger partial charge in [-0.15, -0.1) is 0 Å². The lowest BCUT2D eigenvalue weighted by Crippen LogP contribution is -2.09. The van der Waals surface area contributed by atoms with Crippen LogP contribution in [0.15, 0.2) is 120 Å². The molecule has 0 saturated carbocycles. The summed E-state index contributed by atoms with van der Waals surface area (Å²) >= 11 is 0. The number of phenolic OH excluding ortho intramolecular Hbond substituents is 7. The molecule has 0 spiro atoms. The van der Waals surface area contributed by atoms with Gasteiger partial charge < -0.3 is 40.2 Å². The van der Waals surface area contributed by atoms with Gasteiger partial charge in [0.05, 0.1) is 5.56 Å². The molecule has 0 aliphatic carbocycles. The van der Waals surface area contributed by atoms with Crippen LogP contribution in [0, 0.1) is 0 Å². The fourth-order valence-corrected chi connectivity index (χ4v) is 8.09. The highest BCUT2D eigenvalue weighted by Gasteiger charge is 2.29. The van der Waals surface area contributed by atoms with Crippen molar-refractivity contribution in [2.75, 3.05) is 0 Å². The van der Waals surface area contributed by atoms with Crippen LogP contribution in [-0.4, -0.2) is 51.4 Å². The maximum Gasteiger partial charge on any atom is 0.204 e. The second kappa shape index (κ2) is 11.9. The summed E-state index contributed by atoms with van der Waals surface area (Å²) in [7, 11) is 3.19. The molecule has 0 saturated heterocycles. The molecule has 0 unspecified atom stereocenters. The molecular weight excluding hydrogens is 678 g/mol. The van der Waals surface area contributed by atoms with Gasteiger partial charge in [0.25, 0.3) is 0 Å². The number of phenols is 7. The molecule has 0 aliphatic rings. The lowest BCUT2D eigenvalue weighted by atomic mass is 9.79. The van der Waals surface area contributed by atoms with Crippen molar-refractivity contribution in [1.82, 2.24) is 0 Å². The average molecular weight is 708 g/mol. The van der Waals surface area contributed by atoms with Crippen molar-refractivity contribution in [3.63, 3.8) is 0 Å². The number of benzene rings is 8. The van der Waals surface area contributed by atoms with E-state index in [4.69, 9.17) is 4.42 Å². The van der Waals surface area contributed by atoms with Crippen molar-refractivity contribution in [3.05, 3.63) is 115 Å². The van der Waals surface area contributed by atoms with E-state index in [-0.39, 0.29) is 28.1 Å². The lowest BCUT2D eigenvalue weighted by Gasteiger charge is -2.22. The fourth-order valence-electron chi connectivity index (χ4n) is 8.09. The van der Waals surface area contributed by atoms with E-state index in [0.29, 0.717) is 55.0 Å². The third-order valence-corrected chi connectivity index (χ3v) is 10.6. The number of aromatic hydroxyl groups is 7. The normalized spacial score (nSPS) is 11.6. The smallest absolute Gasteiger partial charge is 0.204 e. The zero-order valence-electron chi connectivity index (χ0n) is 29.0. The molecular formula is C44H30B2O8. The molecule has 10 heteroatoms. The van der Waals surface area contributed by atoms with Crippen LogP contribution in [0.3, 0.4) is 0 Å². The molecule has 9 aromatic rings. The molecule has 0 amide bonds. The summed E-state index contributed by atoms with van der Waals surface area (Å²) in [6, 6.07) is 35.8. The van der Waals surface area contributed by atoms with Crippen molar-refractivity contribution in [2.45, 2.75) is 0 Å². The summed E-state index contributed by atoms with van der Waals surface area (Å²) < 4.78 is 6.52. The highest BCUT2D eigenvalue weighted by Crippen LogP contribution is 2.55. The first-order valence-electron chi connectivity index (χ1n) is 17.3. The minimum absolute atomic E-state index is 0.0998. The first-order valence-corrected chi connectivity index (χ1v) is 17.3. The maximum atomic E-state index is 12.1. The minimum atomic E-state index is -0.849. The zero-order chi connectivity index (χ0) is 37.6. The van der Waals surface area contributed by atoms with Crippen LogP contribution in [0.5, 0.6) is 40.2 Å². The predicted octanol–water partition coefficient (Wildman–Crippen LogP) is 7.02. The Bertz CT molecular complexity index is 2960. The predicted molar refractivity (Wildman–Crippen MR) is 218 cm³/mol. The van der Waals surface area contributed by atoms with Gasteiger partial charge in [-0.3, -0.25) is 0 Å². The molecule has 260 valence electrons. The first-order chi connectivity index (χ1) is 26.1. The van der Waals surface area contributed by atoms with Crippen LogP contribution >= 0.6 is 0 Å². The van der Waals surface area contributed by atoms with Gasteiger partial charge in [-0.2, -0.15) is 0 Å². The van der Waals surface area contributed by atoms with E-state index in [1.165, 1.54) is 7.85 Å². The summed E-state index contributed by atoms with van der Waals surface area (Å²) in [6.07, 6.45) is 0.